The van der Waals surface area contributed by atoms with Crippen molar-refractivity contribution in [3.63, 3.8) is 0 Å². The number of para-hydroxylation sites is 1. The molecule has 10 nitrogen and oxygen atoms in total. The maximum Gasteiger partial charge on any atom is 0.360 e. The van der Waals surface area contributed by atoms with Gasteiger partial charge >= 0.3 is 26.6 Å². The lowest BCUT2D eigenvalue weighted by molar-refractivity contribution is 0.0697. The van der Waals surface area contributed by atoms with E-state index in [4.69, 9.17) is 0 Å². The number of carboxylic acid groups (broad SMARTS) is 1. The zero-order valence-electron chi connectivity index (χ0n) is 13.8. The molecule has 0 aliphatic carbocycles. The van der Waals surface area contributed by atoms with E-state index in [0.29, 0.717) is 0 Å². The van der Waals surface area contributed by atoms with E-state index in [9.17, 15) is 44.6 Å². The average Bonchev–Trinajstić information content (AvgIpc) is 2.53. The van der Waals surface area contributed by atoms with Gasteiger partial charge in [0.1, 0.15) is 0 Å². The second kappa shape index (κ2) is 9.25. The van der Waals surface area contributed by atoms with Crippen molar-refractivity contribution in [3.05, 3.63) is 23.8 Å². The van der Waals surface area contributed by atoms with E-state index in [1.54, 1.807) is 0 Å². The Morgan fingerprint density at radius 3 is 1.81 bits per heavy atom. The summed E-state index contributed by atoms with van der Waals surface area (Å²) in [7, 11) is -10.2. The molecule has 1 aromatic carbocycles. The monoisotopic (exact) mass is 432 g/mol. The molecule has 14 heteroatoms. The Hall–Kier alpha value is -2.03. The van der Waals surface area contributed by atoms with E-state index in [2.05, 4.69) is 0 Å². The number of aromatic carboxylic acids is 1. The van der Waals surface area contributed by atoms with Crippen LogP contribution in [0.3, 0.4) is 0 Å². The van der Waals surface area contributed by atoms with Crippen LogP contribution in [-0.4, -0.2) is 63.5 Å². The van der Waals surface area contributed by atoms with Crippen molar-refractivity contribution in [1.29, 1.82) is 0 Å². The number of benzene rings is 1. The second-order valence-corrected chi connectivity index (χ2v) is 7.84. The first-order valence-corrected chi connectivity index (χ1v) is 10.2. The molecule has 0 bridgehead atoms. The van der Waals surface area contributed by atoms with E-state index in [-0.39, 0.29) is 8.61 Å². The largest absolute Gasteiger partial charge is 0.478 e. The topological polar surface area (TPSA) is 153 Å². The van der Waals surface area contributed by atoms with E-state index in [0.717, 1.165) is 18.2 Å². The SMILES string of the molecule is O=C(O)c1cccc(N(CCCF)S(=O)(=O)O)c1N(CCCF)S(=O)(=O)O. The Labute approximate surface area is 154 Å². The van der Waals surface area contributed by atoms with Crippen LogP contribution in [0, 0.1) is 0 Å². The molecule has 0 fully saturated rings. The van der Waals surface area contributed by atoms with Crippen LogP contribution in [0.25, 0.3) is 0 Å². The number of rotatable bonds is 11. The molecular formula is C13H18F2N2O8S2. The number of hydrogen-bond donors (Lipinski definition) is 3. The molecule has 0 saturated heterocycles. The molecule has 0 unspecified atom stereocenters. The molecule has 0 aliphatic heterocycles. The van der Waals surface area contributed by atoms with Crippen LogP contribution in [0.15, 0.2) is 18.2 Å². The Kier molecular flexibility index (Phi) is 7.89. The Balaban J connectivity index is 3.80. The summed E-state index contributed by atoms with van der Waals surface area (Å²) in [5.74, 6) is -1.68. The zero-order chi connectivity index (χ0) is 20.8. The van der Waals surface area contributed by atoms with Gasteiger partial charge in [0.25, 0.3) is 0 Å². The summed E-state index contributed by atoms with van der Waals surface area (Å²) in [4.78, 5) is 11.5. The van der Waals surface area contributed by atoms with Crippen molar-refractivity contribution < 1.29 is 44.6 Å². The quantitative estimate of drug-likeness (QED) is 0.443. The first kappa shape index (κ1) is 23.0. The molecule has 27 heavy (non-hydrogen) atoms. The van der Waals surface area contributed by atoms with Crippen molar-refractivity contribution in [1.82, 2.24) is 0 Å². The number of carboxylic acids is 1. The third-order valence-corrected chi connectivity index (χ3v) is 5.17. The molecular weight excluding hydrogens is 414 g/mol. The number of carbonyl (C=O) groups is 1. The Morgan fingerprint density at radius 1 is 0.926 bits per heavy atom. The maximum atomic E-state index is 12.5. The third kappa shape index (κ3) is 5.98. The molecule has 0 saturated carbocycles. The van der Waals surface area contributed by atoms with Crippen LogP contribution < -0.4 is 8.61 Å². The van der Waals surface area contributed by atoms with Crippen LogP contribution in [0.1, 0.15) is 23.2 Å². The van der Waals surface area contributed by atoms with Gasteiger partial charge in [-0.3, -0.25) is 17.9 Å². The lowest BCUT2D eigenvalue weighted by atomic mass is 10.1. The van der Waals surface area contributed by atoms with Gasteiger partial charge in [-0.1, -0.05) is 6.07 Å². The lowest BCUT2D eigenvalue weighted by Gasteiger charge is -2.29. The summed E-state index contributed by atoms with van der Waals surface area (Å²) in [6.45, 7) is -3.35. The van der Waals surface area contributed by atoms with Crippen LogP contribution in [0.4, 0.5) is 20.2 Å². The summed E-state index contributed by atoms with van der Waals surface area (Å²) in [5.41, 5.74) is -2.18. The minimum Gasteiger partial charge on any atom is -0.478 e. The fourth-order valence-corrected chi connectivity index (χ4v) is 3.81. The van der Waals surface area contributed by atoms with Gasteiger partial charge < -0.3 is 5.11 Å². The molecule has 0 aromatic heterocycles. The van der Waals surface area contributed by atoms with Gasteiger partial charge in [0, 0.05) is 13.1 Å². The predicted molar refractivity (Wildman–Crippen MR) is 92.4 cm³/mol. The molecule has 154 valence electrons. The highest BCUT2D eigenvalue weighted by molar-refractivity contribution is 7.87. The molecule has 0 amide bonds. The van der Waals surface area contributed by atoms with Gasteiger partial charge in [-0.2, -0.15) is 16.8 Å². The summed E-state index contributed by atoms with van der Waals surface area (Å²) in [5, 5.41) is 9.32. The molecule has 1 rings (SSSR count). The van der Waals surface area contributed by atoms with E-state index >= 15 is 0 Å². The number of nitrogens with zero attached hydrogens (tertiary/aromatic N) is 2. The minimum absolute atomic E-state index is 0.110. The van der Waals surface area contributed by atoms with Crippen LogP contribution in [0.5, 0.6) is 0 Å². The minimum atomic E-state index is -5.14. The van der Waals surface area contributed by atoms with E-state index in [1.807, 2.05) is 0 Å². The van der Waals surface area contributed by atoms with Gasteiger partial charge in [0.05, 0.1) is 30.3 Å². The van der Waals surface area contributed by atoms with E-state index in [1.165, 1.54) is 0 Å². The number of hydrogen-bond acceptors (Lipinski definition) is 5. The normalized spacial score (nSPS) is 12.0. The third-order valence-electron chi connectivity index (χ3n) is 3.31. The second-order valence-electron chi connectivity index (χ2n) is 5.16. The summed E-state index contributed by atoms with van der Waals surface area (Å²) < 4.78 is 91.0. The summed E-state index contributed by atoms with van der Waals surface area (Å²) >= 11 is 0. The van der Waals surface area contributed by atoms with Crippen molar-refractivity contribution in [2.75, 3.05) is 35.0 Å². The van der Waals surface area contributed by atoms with Crippen molar-refractivity contribution >= 4 is 38.0 Å². The van der Waals surface area contributed by atoms with Gasteiger partial charge in [0.15, 0.2) is 0 Å². The van der Waals surface area contributed by atoms with E-state index < -0.39 is 82.8 Å². The molecule has 0 spiro atoms. The molecule has 0 atom stereocenters. The van der Waals surface area contributed by atoms with Crippen LogP contribution in [0.2, 0.25) is 0 Å². The highest BCUT2D eigenvalue weighted by Crippen LogP contribution is 2.36. The first-order chi connectivity index (χ1) is 12.4. The van der Waals surface area contributed by atoms with Crippen molar-refractivity contribution in [2.24, 2.45) is 0 Å². The average molecular weight is 432 g/mol. The summed E-state index contributed by atoms with van der Waals surface area (Å²) in [6, 6.07) is 2.95. The fourth-order valence-electron chi connectivity index (χ4n) is 2.28. The van der Waals surface area contributed by atoms with Gasteiger partial charge in [-0.25, -0.2) is 13.4 Å². The van der Waals surface area contributed by atoms with Gasteiger partial charge in [-0.15, -0.1) is 0 Å². The fraction of sp³-hybridized carbons (Fsp3) is 0.462. The molecule has 0 aliphatic rings. The van der Waals surface area contributed by atoms with Crippen molar-refractivity contribution in [3.8, 4) is 0 Å². The molecule has 3 N–H and O–H groups in total. The highest BCUT2D eigenvalue weighted by Gasteiger charge is 2.32. The number of halogens is 2. The van der Waals surface area contributed by atoms with Crippen LogP contribution >= 0.6 is 0 Å². The standard InChI is InChI=1S/C13H18F2N2O8S2/c14-6-2-8-16(26(20,21)22)11-5-1-4-10(13(18)19)12(11)17(9-3-7-15)27(23,24)25/h1,4-5H,2-3,6-9H2,(H,18,19)(H,20,21,22)(H,23,24,25). The Morgan fingerprint density at radius 2 is 1.41 bits per heavy atom. The number of alkyl halides is 2. The number of anilines is 2. The lowest BCUT2D eigenvalue weighted by Crippen LogP contribution is -2.37. The first-order valence-electron chi connectivity index (χ1n) is 7.43. The zero-order valence-corrected chi connectivity index (χ0v) is 15.5. The van der Waals surface area contributed by atoms with Gasteiger partial charge in [0.2, 0.25) is 0 Å². The highest BCUT2D eigenvalue weighted by atomic mass is 32.2. The van der Waals surface area contributed by atoms with Gasteiger partial charge in [-0.05, 0) is 25.0 Å². The maximum absolute atomic E-state index is 12.5. The molecule has 1 aromatic rings. The smallest absolute Gasteiger partial charge is 0.360 e. The molecule has 0 radical (unpaired) electrons. The molecule has 0 heterocycles. The Bertz CT molecular complexity index is 876. The predicted octanol–water partition coefficient (Wildman–Crippen LogP) is 1.32. The van der Waals surface area contributed by atoms with Crippen LogP contribution in [-0.2, 0) is 20.6 Å². The summed E-state index contributed by atoms with van der Waals surface area (Å²) in [6.07, 6.45) is -0.837. The van der Waals surface area contributed by atoms with Crippen molar-refractivity contribution in [2.45, 2.75) is 12.8 Å².